The number of carbonyl (C=O) groups is 2. The van der Waals surface area contributed by atoms with E-state index in [0.717, 1.165) is 5.56 Å². The van der Waals surface area contributed by atoms with Crippen LogP contribution in [0.25, 0.3) is 0 Å². The number of aromatic nitrogens is 1. The molecule has 0 spiro atoms. The highest BCUT2D eigenvalue weighted by atomic mass is 19.1. The van der Waals surface area contributed by atoms with Crippen LogP contribution >= 0.6 is 0 Å². The monoisotopic (exact) mass is 313 g/mol. The molecule has 0 aliphatic carbocycles. The van der Waals surface area contributed by atoms with Gasteiger partial charge in [-0.25, -0.2) is 4.98 Å². The molecule has 118 valence electrons. The van der Waals surface area contributed by atoms with Crippen molar-refractivity contribution in [3.63, 3.8) is 0 Å². The minimum absolute atomic E-state index is 0.144. The molecule has 0 bridgehead atoms. The Morgan fingerprint density at radius 2 is 2.13 bits per heavy atom. The van der Waals surface area contributed by atoms with E-state index < -0.39 is 11.9 Å². The summed E-state index contributed by atoms with van der Waals surface area (Å²) in [6, 6.07) is 7.99. The lowest BCUT2D eigenvalue weighted by Gasteiger charge is -2.32. The first-order valence-corrected chi connectivity index (χ1v) is 7.23. The molecular weight excluding hydrogens is 297 g/mol. The summed E-state index contributed by atoms with van der Waals surface area (Å²) < 4.78 is 13.5. The van der Waals surface area contributed by atoms with Gasteiger partial charge in [-0.2, -0.15) is 4.39 Å². The fraction of sp³-hybridized carbons (Fsp3) is 0.235. The first-order valence-electron chi connectivity index (χ1n) is 7.23. The van der Waals surface area contributed by atoms with Gasteiger partial charge in [-0.05, 0) is 29.8 Å². The molecule has 3 rings (SSSR count). The lowest BCUT2D eigenvalue weighted by atomic mass is 9.79. The highest BCUT2D eigenvalue weighted by Crippen LogP contribution is 2.31. The number of rotatable bonds is 2. The van der Waals surface area contributed by atoms with E-state index in [1.807, 2.05) is 19.9 Å². The second-order valence-electron chi connectivity index (χ2n) is 6.12. The maximum Gasteiger partial charge on any atom is 0.260 e. The third-order valence-electron chi connectivity index (χ3n) is 3.95. The molecule has 0 saturated heterocycles. The van der Waals surface area contributed by atoms with E-state index in [2.05, 4.69) is 15.6 Å². The van der Waals surface area contributed by atoms with Crippen molar-refractivity contribution in [2.45, 2.75) is 19.3 Å². The zero-order chi connectivity index (χ0) is 16.6. The van der Waals surface area contributed by atoms with E-state index in [-0.39, 0.29) is 16.9 Å². The Labute approximate surface area is 132 Å². The van der Waals surface area contributed by atoms with Gasteiger partial charge in [-0.15, -0.1) is 0 Å². The van der Waals surface area contributed by atoms with Gasteiger partial charge >= 0.3 is 0 Å². The van der Waals surface area contributed by atoms with E-state index in [1.165, 1.54) is 18.3 Å². The number of nitrogens with one attached hydrogen (secondary N) is 2. The Kier molecular flexibility index (Phi) is 3.60. The number of hydrogen-bond donors (Lipinski definition) is 2. The van der Waals surface area contributed by atoms with Crippen molar-refractivity contribution in [3.05, 3.63) is 59.2 Å². The molecule has 0 atom stereocenters. The van der Waals surface area contributed by atoms with Gasteiger partial charge in [-0.3, -0.25) is 9.59 Å². The van der Waals surface area contributed by atoms with Crippen LogP contribution in [0.1, 0.15) is 40.1 Å². The summed E-state index contributed by atoms with van der Waals surface area (Å²) in [5.41, 5.74) is 1.55. The lowest BCUT2D eigenvalue weighted by molar-refractivity contribution is 0.0928. The van der Waals surface area contributed by atoms with E-state index in [1.54, 1.807) is 12.1 Å². The van der Waals surface area contributed by atoms with E-state index >= 15 is 0 Å². The molecule has 23 heavy (non-hydrogen) atoms. The number of benzene rings is 1. The van der Waals surface area contributed by atoms with Crippen molar-refractivity contribution in [1.29, 1.82) is 0 Å². The Morgan fingerprint density at radius 1 is 1.35 bits per heavy atom. The van der Waals surface area contributed by atoms with Crippen LogP contribution in [-0.4, -0.2) is 23.3 Å². The molecule has 0 saturated carbocycles. The number of amides is 2. The number of hydrogen-bond acceptors (Lipinski definition) is 3. The molecule has 0 fully saturated rings. The Bertz CT molecular complexity index is 802. The minimum atomic E-state index is -0.832. The Morgan fingerprint density at radius 3 is 2.87 bits per heavy atom. The maximum absolute atomic E-state index is 13.5. The van der Waals surface area contributed by atoms with Crippen LogP contribution in [0.5, 0.6) is 0 Å². The molecule has 5 nitrogen and oxygen atoms in total. The highest BCUT2D eigenvalue weighted by Gasteiger charge is 2.31. The van der Waals surface area contributed by atoms with Gasteiger partial charge in [0.2, 0.25) is 5.95 Å². The van der Waals surface area contributed by atoms with Gasteiger partial charge in [-0.1, -0.05) is 19.9 Å². The summed E-state index contributed by atoms with van der Waals surface area (Å²) in [5, 5.41) is 5.43. The van der Waals surface area contributed by atoms with E-state index in [9.17, 15) is 14.0 Å². The zero-order valence-corrected chi connectivity index (χ0v) is 12.8. The summed E-state index contributed by atoms with van der Waals surface area (Å²) >= 11 is 0. The molecule has 1 aliphatic heterocycles. The number of pyridine rings is 1. The van der Waals surface area contributed by atoms with Crippen LogP contribution in [0.15, 0.2) is 36.5 Å². The third kappa shape index (κ3) is 2.79. The van der Waals surface area contributed by atoms with Crippen LogP contribution in [0, 0.1) is 5.95 Å². The molecule has 2 aromatic rings. The fourth-order valence-corrected chi connectivity index (χ4v) is 2.65. The van der Waals surface area contributed by atoms with Crippen LogP contribution in [0.4, 0.5) is 10.1 Å². The fourth-order valence-electron chi connectivity index (χ4n) is 2.65. The van der Waals surface area contributed by atoms with Crippen molar-refractivity contribution in [2.75, 3.05) is 11.9 Å². The van der Waals surface area contributed by atoms with Crippen LogP contribution in [0.2, 0.25) is 0 Å². The molecule has 2 heterocycles. The molecule has 6 heteroatoms. The molecule has 0 unspecified atom stereocenters. The highest BCUT2D eigenvalue weighted by molar-refractivity contribution is 6.05. The van der Waals surface area contributed by atoms with E-state index in [0.29, 0.717) is 17.8 Å². The van der Waals surface area contributed by atoms with Gasteiger partial charge in [0, 0.05) is 29.4 Å². The average molecular weight is 313 g/mol. The van der Waals surface area contributed by atoms with Gasteiger partial charge in [0.05, 0.1) is 5.56 Å². The number of fused-ring (bicyclic) bond motifs is 1. The number of nitrogens with zero attached hydrogens (tertiary/aromatic N) is 1. The SMILES string of the molecule is CC1(C)CNC(=O)c2cc(NC(=O)c3cccnc3F)ccc21. The molecular formula is C17H16FN3O2. The summed E-state index contributed by atoms with van der Waals surface area (Å²) in [6.07, 6.45) is 1.28. The normalized spacial score (nSPS) is 15.5. The topological polar surface area (TPSA) is 71.1 Å². The standard InChI is InChI=1S/C17H16FN3O2/c1-17(2)9-20-15(22)12-8-10(5-6-13(12)17)21-16(23)11-4-3-7-19-14(11)18/h3-8H,9H2,1-2H3,(H,20,22)(H,21,23). The van der Waals surface area contributed by atoms with Crippen LogP contribution in [0.3, 0.4) is 0 Å². The second-order valence-corrected chi connectivity index (χ2v) is 6.12. The maximum atomic E-state index is 13.5. The molecule has 0 radical (unpaired) electrons. The van der Waals surface area contributed by atoms with Gasteiger partial charge in [0.15, 0.2) is 0 Å². The largest absolute Gasteiger partial charge is 0.351 e. The van der Waals surface area contributed by atoms with Crippen molar-refractivity contribution < 1.29 is 14.0 Å². The number of anilines is 1. The molecule has 1 aromatic heterocycles. The molecule has 1 aromatic carbocycles. The quantitative estimate of drug-likeness (QED) is 0.837. The van der Waals surface area contributed by atoms with Crippen LogP contribution < -0.4 is 10.6 Å². The predicted molar refractivity (Wildman–Crippen MR) is 83.9 cm³/mol. The molecule has 2 amide bonds. The van der Waals surface area contributed by atoms with Crippen molar-refractivity contribution in [1.82, 2.24) is 10.3 Å². The number of carbonyl (C=O) groups excluding carboxylic acids is 2. The van der Waals surface area contributed by atoms with Gasteiger partial charge < -0.3 is 10.6 Å². The summed E-state index contributed by atoms with van der Waals surface area (Å²) in [5.74, 6) is -1.61. The average Bonchev–Trinajstić information content (AvgIpc) is 2.52. The Balaban J connectivity index is 1.91. The van der Waals surface area contributed by atoms with Crippen molar-refractivity contribution in [2.24, 2.45) is 0 Å². The summed E-state index contributed by atoms with van der Waals surface area (Å²) in [4.78, 5) is 27.6. The third-order valence-corrected chi connectivity index (χ3v) is 3.95. The van der Waals surface area contributed by atoms with Gasteiger partial charge in [0.25, 0.3) is 11.8 Å². The molecule has 2 N–H and O–H groups in total. The Hall–Kier alpha value is -2.76. The zero-order valence-electron chi connectivity index (χ0n) is 12.8. The second kappa shape index (κ2) is 5.46. The van der Waals surface area contributed by atoms with Crippen molar-refractivity contribution in [3.8, 4) is 0 Å². The minimum Gasteiger partial charge on any atom is -0.351 e. The summed E-state index contributed by atoms with van der Waals surface area (Å²) in [7, 11) is 0. The lowest BCUT2D eigenvalue weighted by Crippen LogP contribution is -2.43. The molecule has 1 aliphatic rings. The smallest absolute Gasteiger partial charge is 0.260 e. The first kappa shape index (κ1) is 15.1. The number of halogens is 1. The van der Waals surface area contributed by atoms with Crippen LogP contribution in [-0.2, 0) is 5.41 Å². The van der Waals surface area contributed by atoms with E-state index in [4.69, 9.17) is 0 Å². The summed E-state index contributed by atoms with van der Waals surface area (Å²) in [6.45, 7) is 4.63. The first-order chi connectivity index (χ1) is 10.9. The van der Waals surface area contributed by atoms with Gasteiger partial charge in [0.1, 0.15) is 0 Å². The predicted octanol–water partition coefficient (Wildman–Crippen LogP) is 2.49. The van der Waals surface area contributed by atoms with Crippen molar-refractivity contribution >= 4 is 17.5 Å².